The molecule has 0 amide bonds. The van der Waals surface area contributed by atoms with Crippen molar-refractivity contribution in [1.82, 2.24) is 0 Å². The molecule has 2 heterocycles. The average molecular weight is 166 g/mol. The van der Waals surface area contributed by atoms with E-state index in [1.165, 1.54) is 0 Å². The Bertz CT molecular complexity index is 300. The van der Waals surface area contributed by atoms with Crippen molar-refractivity contribution in [3.05, 3.63) is 23.7 Å². The van der Waals surface area contributed by atoms with Crippen LogP contribution in [0.1, 0.15) is 30.5 Å². The highest BCUT2D eigenvalue weighted by Gasteiger charge is 2.26. The summed E-state index contributed by atoms with van der Waals surface area (Å²) in [5.41, 5.74) is 0. The van der Waals surface area contributed by atoms with Gasteiger partial charge in [0.15, 0.2) is 6.10 Å². The summed E-state index contributed by atoms with van der Waals surface area (Å²) in [6.07, 6.45) is 1.10. The minimum Gasteiger partial charge on any atom is -0.462 e. The Balaban J connectivity index is 2.15. The Kier molecular flexibility index (Phi) is 1.64. The van der Waals surface area contributed by atoms with Crippen LogP contribution >= 0.6 is 0 Å². The van der Waals surface area contributed by atoms with E-state index >= 15 is 0 Å². The first-order valence-corrected chi connectivity index (χ1v) is 4.01. The van der Waals surface area contributed by atoms with Gasteiger partial charge in [-0.05, 0) is 19.1 Å². The molecule has 64 valence electrons. The molecule has 1 aliphatic rings. The third-order valence-corrected chi connectivity index (χ3v) is 1.96. The number of rotatable bonds is 1. The normalized spacial score (nSPS) is 22.8. The number of aryl methyl sites for hydroxylation is 1. The molecule has 0 N–H and O–H groups in total. The number of hydrogen-bond acceptors (Lipinski definition) is 3. The number of hydrogen-bond donors (Lipinski definition) is 0. The van der Waals surface area contributed by atoms with Crippen molar-refractivity contribution in [2.45, 2.75) is 25.9 Å². The van der Waals surface area contributed by atoms with Crippen molar-refractivity contribution in [1.29, 1.82) is 0 Å². The van der Waals surface area contributed by atoms with Crippen LogP contribution in [0.5, 0.6) is 0 Å². The van der Waals surface area contributed by atoms with Crippen molar-refractivity contribution < 1.29 is 13.9 Å². The Hall–Kier alpha value is -1.25. The zero-order chi connectivity index (χ0) is 8.55. The van der Waals surface area contributed by atoms with E-state index in [2.05, 4.69) is 0 Å². The smallest absolute Gasteiger partial charge is 0.306 e. The SMILES string of the molecule is Cc1ccc(C2CCC(=O)O2)o1. The minimum atomic E-state index is -0.147. The van der Waals surface area contributed by atoms with Gasteiger partial charge in [-0.15, -0.1) is 0 Å². The monoisotopic (exact) mass is 166 g/mol. The summed E-state index contributed by atoms with van der Waals surface area (Å²) in [7, 11) is 0. The van der Waals surface area contributed by atoms with Crippen LogP contribution in [0.3, 0.4) is 0 Å². The Morgan fingerprint density at radius 2 is 2.33 bits per heavy atom. The van der Waals surface area contributed by atoms with Gasteiger partial charge >= 0.3 is 5.97 Å². The molecule has 0 spiro atoms. The number of esters is 1. The molecule has 12 heavy (non-hydrogen) atoms. The molecular formula is C9H10O3. The Morgan fingerprint density at radius 1 is 1.50 bits per heavy atom. The highest BCUT2D eigenvalue weighted by Crippen LogP contribution is 2.30. The van der Waals surface area contributed by atoms with Gasteiger partial charge in [-0.3, -0.25) is 4.79 Å². The lowest BCUT2D eigenvalue weighted by atomic mass is 10.2. The highest BCUT2D eigenvalue weighted by atomic mass is 16.6. The fourth-order valence-electron chi connectivity index (χ4n) is 1.35. The lowest BCUT2D eigenvalue weighted by Crippen LogP contribution is -1.96. The summed E-state index contributed by atoms with van der Waals surface area (Å²) < 4.78 is 10.4. The summed E-state index contributed by atoms with van der Waals surface area (Å²) in [5, 5.41) is 0. The van der Waals surface area contributed by atoms with Gasteiger partial charge in [0, 0.05) is 12.8 Å². The molecule has 1 fully saturated rings. The molecule has 0 aliphatic carbocycles. The second-order valence-corrected chi connectivity index (χ2v) is 2.97. The van der Waals surface area contributed by atoms with E-state index in [-0.39, 0.29) is 12.1 Å². The van der Waals surface area contributed by atoms with Crippen molar-refractivity contribution in [2.24, 2.45) is 0 Å². The number of carbonyl (C=O) groups is 1. The fraction of sp³-hybridized carbons (Fsp3) is 0.444. The third-order valence-electron chi connectivity index (χ3n) is 1.96. The first-order chi connectivity index (χ1) is 5.75. The fourth-order valence-corrected chi connectivity index (χ4v) is 1.35. The summed E-state index contributed by atoms with van der Waals surface area (Å²) in [6, 6.07) is 3.74. The van der Waals surface area contributed by atoms with Crippen molar-refractivity contribution in [3.63, 3.8) is 0 Å². The second-order valence-electron chi connectivity index (χ2n) is 2.97. The number of furan rings is 1. The molecule has 1 aromatic rings. The first kappa shape index (κ1) is 7.40. The van der Waals surface area contributed by atoms with E-state index in [0.717, 1.165) is 17.9 Å². The highest BCUT2D eigenvalue weighted by molar-refractivity contribution is 5.71. The average Bonchev–Trinajstić information content (AvgIpc) is 2.58. The van der Waals surface area contributed by atoms with Gasteiger partial charge in [-0.25, -0.2) is 0 Å². The largest absolute Gasteiger partial charge is 0.462 e. The van der Waals surface area contributed by atoms with Crippen LogP contribution in [-0.2, 0) is 9.53 Å². The molecule has 1 atom stereocenters. The topological polar surface area (TPSA) is 39.4 Å². The van der Waals surface area contributed by atoms with Gasteiger partial charge in [0.2, 0.25) is 0 Å². The van der Waals surface area contributed by atoms with Crippen LogP contribution in [0.15, 0.2) is 16.5 Å². The molecule has 3 nitrogen and oxygen atoms in total. The zero-order valence-electron chi connectivity index (χ0n) is 6.87. The molecule has 3 heteroatoms. The van der Waals surface area contributed by atoms with Crippen LogP contribution in [0, 0.1) is 6.92 Å². The Labute approximate surface area is 70.3 Å². The van der Waals surface area contributed by atoms with Gasteiger partial charge in [0.05, 0.1) is 0 Å². The van der Waals surface area contributed by atoms with Crippen LogP contribution in [0.4, 0.5) is 0 Å². The maximum absolute atomic E-state index is 10.8. The van der Waals surface area contributed by atoms with Crippen molar-refractivity contribution >= 4 is 5.97 Å². The number of ether oxygens (including phenoxy) is 1. The molecule has 0 radical (unpaired) electrons. The predicted octanol–water partition coefficient (Wildman–Crippen LogP) is 1.97. The van der Waals surface area contributed by atoms with E-state index in [0.29, 0.717) is 6.42 Å². The van der Waals surface area contributed by atoms with Crippen LogP contribution < -0.4 is 0 Å². The van der Waals surface area contributed by atoms with Crippen molar-refractivity contribution in [2.75, 3.05) is 0 Å². The maximum atomic E-state index is 10.8. The molecular weight excluding hydrogens is 156 g/mol. The molecule has 0 bridgehead atoms. The van der Waals surface area contributed by atoms with E-state index in [9.17, 15) is 4.79 Å². The molecule has 0 saturated carbocycles. The van der Waals surface area contributed by atoms with Gasteiger partial charge in [0.1, 0.15) is 11.5 Å². The van der Waals surface area contributed by atoms with Gasteiger partial charge in [-0.2, -0.15) is 0 Å². The van der Waals surface area contributed by atoms with E-state index in [1.54, 1.807) is 0 Å². The van der Waals surface area contributed by atoms with Gasteiger partial charge in [-0.1, -0.05) is 0 Å². The van der Waals surface area contributed by atoms with Crippen LogP contribution in [-0.4, -0.2) is 5.97 Å². The van der Waals surface area contributed by atoms with Crippen LogP contribution in [0.2, 0.25) is 0 Å². The standard InChI is InChI=1S/C9H10O3/c1-6-2-3-7(11-6)8-4-5-9(10)12-8/h2-3,8H,4-5H2,1H3. The lowest BCUT2D eigenvalue weighted by molar-refractivity contribution is -0.142. The van der Waals surface area contributed by atoms with E-state index in [4.69, 9.17) is 9.15 Å². The number of cyclic esters (lactones) is 1. The first-order valence-electron chi connectivity index (χ1n) is 4.01. The van der Waals surface area contributed by atoms with Gasteiger partial charge < -0.3 is 9.15 Å². The van der Waals surface area contributed by atoms with Crippen molar-refractivity contribution in [3.8, 4) is 0 Å². The molecule has 1 aliphatic heterocycles. The van der Waals surface area contributed by atoms with Gasteiger partial charge in [0.25, 0.3) is 0 Å². The quantitative estimate of drug-likeness (QED) is 0.599. The summed E-state index contributed by atoms with van der Waals surface area (Å²) >= 11 is 0. The molecule has 2 rings (SSSR count). The Morgan fingerprint density at radius 3 is 2.83 bits per heavy atom. The predicted molar refractivity (Wildman–Crippen MR) is 41.5 cm³/mol. The summed E-state index contributed by atoms with van der Waals surface area (Å²) in [6.45, 7) is 1.88. The van der Waals surface area contributed by atoms with Crippen LogP contribution in [0.25, 0.3) is 0 Å². The number of carbonyl (C=O) groups excluding carboxylic acids is 1. The summed E-state index contributed by atoms with van der Waals surface area (Å²) in [5.74, 6) is 1.49. The van der Waals surface area contributed by atoms with E-state index in [1.807, 2.05) is 19.1 Å². The maximum Gasteiger partial charge on any atom is 0.306 e. The molecule has 1 aromatic heterocycles. The molecule has 0 aromatic carbocycles. The minimum absolute atomic E-state index is 0.131. The molecule has 1 saturated heterocycles. The third kappa shape index (κ3) is 1.22. The lowest BCUT2D eigenvalue weighted by Gasteiger charge is -2.03. The molecule has 1 unspecified atom stereocenters. The summed E-state index contributed by atoms with van der Waals surface area (Å²) in [4.78, 5) is 10.8. The second kappa shape index (κ2) is 2.66. The van der Waals surface area contributed by atoms with E-state index < -0.39 is 0 Å². The zero-order valence-corrected chi connectivity index (χ0v) is 6.87.